The molecular formula is C13H11ClN4. The van der Waals surface area contributed by atoms with Gasteiger partial charge in [0.25, 0.3) is 0 Å². The molecule has 0 saturated carbocycles. The minimum absolute atomic E-state index is 0.305. The van der Waals surface area contributed by atoms with Crippen molar-refractivity contribution < 1.29 is 0 Å². The smallest absolute Gasteiger partial charge is 0.0896 e. The van der Waals surface area contributed by atoms with Crippen LogP contribution in [0, 0.1) is 0 Å². The van der Waals surface area contributed by atoms with Crippen molar-refractivity contribution in [1.82, 2.24) is 14.6 Å². The Hall–Kier alpha value is -1.91. The van der Waals surface area contributed by atoms with Gasteiger partial charge in [-0.1, -0.05) is 29.8 Å². The second-order valence-corrected chi connectivity index (χ2v) is 4.41. The van der Waals surface area contributed by atoms with Gasteiger partial charge in [0.1, 0.15) is 0 Å². The second-order valence-electron chi connectivity index (χ2n) is 4.01. The Kier molecular flexibility index (Phi) is 2.74. The predicted molar refractivity (Wildman–Crippen MR) is 70.5 cm³/mol. The number of fused-ring (bicyclic) bond motifs is 1. The van der Waals surface area contributed by atoms with Gasteiger partial charge in [0.05, 0.1) is 24.0 Å². The third-order valence-electron chi connectivity index (χ3n) is 2.93. The third-order valence-corrected chi connectivity index (χ3v) is 3.27. The first-order valence-electron chi connectivity index (χ1n) is 5.54. The van der Waals surface area contributed by atoms with E-state index in [9.17, 15) is 0 Å². The fourth-order valence-corrected chi connectivity index (χ4v) is 2.24. The zero-order chi connectivity index (χ0) is 12.5. The summed E-state index contributed by atoms with van der Waals surface area (Å²) in [6.45, 7) is 0. The van der Waals surface area contributed by atoms with Gasteiger partial charge in [-0.25, -0.2) is 4.52 Å². The molecule has 5 heteroatoms. The van der Waals surface area contributed by atoms with Crippen molar-refractivity contribution in [2.75, 3.05) is 0 Å². The molecular weight excluding hydrogens is 248 g/mol. The van der Waals surface area contributed by atoms with E-state index in [1.54, 1.807) is 29.3 Å². The molecule has 18 heavy (non-hydrogen) atoms. The number of halogens is 1. The molecule has 0 saturated heterocycles. The first kappa shape index (κ1) is 11.2. The maximum atomic E-state index is 6.26. The normalized spacial score (nSPS) is 12.8. The highest BCUT2D eigenvalue weighted by Crippen LogP contribution is 2.28. The molecule has 0 aliphatic rings. The summed E-state index contributed by atoms with van der Waals surface area (Å²) < 4.78 is 1.75. The molecule has 0 radical (unpaired) electrons. The Bertz CT molecular complexity index is 692. The van der Waals surface area contributed by atoms with Crippen molar-refractivity contribution in [3.8, 4) is 0 Å². The summed E-state index contributed by atoms with van der Waals surface area (Å²) in [4.78, 5) is 4.09. The van der Waals surface area contributed by atoms with Crippen molar-refractivity contribution in [3.05, 3.63) is 65.2 Å². The number of nitrogens with zero attached hydrogens (tertiary/aromatic N) is 3. The maximum absolute atomic E-state index is 6.26. The molecule has 2 N–H and O–H groups in total. The molecule has 1 unspecified atom stereocenters. The molecule has 0 aliphatic carbocycles. The van der Waals surface area contributed by atoms with Crippen LogP contribution in [0.3, 0.4) is 0 Å². The van der Waals surface area contributed by atoms with Crippen LogP contribution in [0.1, 0.15) is 17.2 Å². The highest BCUT2D eigenvalue weighted by molar-refractivity contribution is 6.31. The first-order valence-corrected chi connectivity index (χ1v) is 5.92. The van der Waals surface area contributed by atoms with Crippen molar-refractivity contribution in [2.24, 2.45) is 5.73 Å². The molecule has 0 fully saturated rings. The van der Waals surface area contributed by atoms with Gasteiger partial charge in [-0.2, -0.15) is 5.10 Å². The summed E-state index contributed by atoms with van der Waals surface area (Å²) in [5.41, 5.74) is 8.96. The van der Waals surface area contributed by atoms with Gasteiger partial charge in [-0.3, -0.25) is 4.98 Å². The van der Waals surface area contributed by atoms with Crippen molar-refractivity contribution in [1.29, 1.82) is 0 Å². The van der Waals surface area contributed by atoms with Gasteiger partial charge in [0.15, 0.2) is 0 Å². The van der Waals surface area contributed by atoms with Gasteiger partial charge >= 0.3 is 0 Å². The molecule has 3 aromatic rings. The van der Waals surface area contributed by atoms with Crippen LogP contribution in [-0.2, 0) is 0 Å². The second kappa shape index (κ2) is 4.40. The number of aromatic nitrogens is 3. The largest absolute Gasteiger partial charge is 0.320 e. The van der Waals surface area contributed by atoms with E-state index in [2.05, 4.69) is 10.1 Å². The Morgan fingerprint density at radius 1 is 1.17 bits per heavy atom. The molecule has 1 aromatic carbocycles. The van der Waals surface area contributed by atoms with Gasteiger partial charge in [0, 0.05) is 23.0 Å². The molecule has 4 nitrogen and oxygen atoms in total. The number of nitrogens with two attached hydrogens (primary N) is 1. The molecule has 0 aliphatic heterocycles. The summed E-state index contributed by atoms with van der Waals surface area (Å²) in [5, 5.41) is 4.91. The van der Waals surface area contributed by atoms with E-state index >= 15 is 0 Å². The van der Waals surface area contributed by atoms with Gasteiger partial charge < -0.3 is 5.73 Å². The minimum atomic E-state index is -0.305. The van der Waals surface area contributed by atoms with Crippen molar-refractivity contribution in [3.63, 3.8) is 0 Å². The standard InChI is InChI=1S/C13H11ClN4/c14-11-4-2-1-3-9(11)13(15)10-7-17-18-6-5-16-8-12(10)18/h1-8,13H,15H2. The topological polar surface area (TPSA) is 56.2 Å². The first-order chi connectivity index (χ1) is 8.77. The van der Waals surface area contributed by atoms with E-state index in [4.69, 9.17) is 17.3 Å². The summed E-state index contributed by atoms with van der Waals surface area (Å²) in [5.74, 6) is 0. The highest BCUT2D eigenvalue weighted by atomic mass is 35.5. The van der Waals surface area contributed by atoms with Crippen LogP contribution in [-0.4, -0.2) is 14.6 Å². The Morgan fingerprint density at radius 2 is 2.00 bits per heavy atom. The van der Waals surface area contributed by atoms with Crippen molar-refractivity contribution >= 4 is 17.1 Å². The van der Waals surface area contributed by atoms with Crippen LogP contribution in [0.15, 0.2) is 49.1 Å². The van der Waals surface area contributed by atoms with E-state index in [1.165, 1.54) is 0 Å². The van der Waals surface area contributed by atoms with Crippen LogP contribution in [0.2, 0.25) is 5.02 Å². The van der Waals surface area contributed by atoms with Crippen LogP contribution < -0.4 is 5.73 Å². The fourth-order valence-electron chi connectivity index (χ4n) is 1.99. The lowest BCUT2D eigenvalue weighted by atomic mass is 10.0. The monoisotopic (exact) mass is 258 g/mol. The number of benzene rings is 1. The third kappa shape index (κ3) is 1.75. The summed E-state index contributed by atoms with van der Waals surface area (Å²) in [6, 6.07) is 7.26. The molecule has 2 aromatic heterocycles. The molecule has 1 atom stereocenters. The zero-order valence-electron chi connectivity index (χ0n) is 9.49. The van der Waals surface area contributed by atoms with Crippen LogP contribution in [0.25, 0.3) is 5.52 Å². The van der Waals surface area contributed by atoms with Crippen LogP contribution in [0.5, 0.6) is 0 Å². The van der Waals surface area contributed by atoms with E-state index in [0.29, 0.717) is 5.02 Å². The van der Waals surface area contributed by atoms with Crippen molar-refractivity contribution in [2.45, 2.75) is 6.04 Å². The number of hydrogen-bond donors (Lipinski definition) is 1. The lowest BCUT2D eigenvalue weighted by molar-refractivity contribution is 0.880. The van der Waals surface area contributed by atoms with E-state index in [1.807, 2.05) is 24.3 Å². The quantitative estimate of drug-likeness (QED) is 0.768. The SMILES string of the molecule is NC(c1ccccc1Cl)c1cnn2ccncc12. The van der Waals surface area contributed by atoms with Crippen LogP contribution in [0.4, 0.5) is 0 Å². The average molecular weight is 259 g/mol. The van der Waals surface area contributed by atoms with Gasteiger partial charge in [-0.15, -0.1) is 0 Å². The van der Waals surface area contributed by atoms with E-state index < -0.39 is 0 Å². The van der Waals surface area contributed by atoms with E-state index in [0.717, 1.165) is 16.6 Å². The Morgan fingerprint density at radius 3 is 2.83 bits per heavy atom. The predicted octanol–water partition coefficient (Wildman–Crippen LogP) is 2.43. The van der Waals surface area contributed by atoms with Gasteiger partial charge in [-0.05, 0) is 11.6 Å². The molecule has 0 bridgehead atoms. The summed E-state index contributed by atoms with van der Waals surface area (Å²) in [6.07, 6.45) is 6.98. The Labute approximate surface area is 109 Å². The lowest BCUT2D eigenvalue weighted by Gasteiger charge is -2.12. The highest BCUT2D eigenvalue weighted by Gasteiger charge is 2.16. The molecule has 0 amide bonds. The zero-order valence-corrected chi connectivity index (χ0v) is 10.2. The average Bonchev–Trinajstić information content (AvgIpc) is 2.82. The molecule has 0 spiro atoms. The molecule has 90 valence electrons. The molecule has 2 heterocycles. The maximum Gasteiger partial charge on any atom is 0.0896 e. The van der Waals surface area contributed by atoms with Gasteiger partial charge in [0.2, 0.25) is 0 Å². The number of rotatable bonds is 2. The summed E-state index contributed by atoms with van der Waals surface area (Å²) in [7, 11) is 0. The lowest BCUT2D eigenvalue weighted by Crippen LogP contribution is -2.12. The Balaban J connectivity index is 2.13. The van der Waals surface area contributed by atoms with E-state index in [-0.39, 0.29) is 6.04 Å². The number of hydrogen-bond acceptors (Lipinski definition) is 3. The minimum Gasteiger partial charge on any atom is -0.320 e. The van der Waals surface area contributed by atoms with Crippen LogP contribution >= 0.6 is 11.6 Å². The molecule has 3 rings (SSSR count). The fraction of sp³-hybridized carbons (Fsp3) is 0.0769. The summed E-state index contributed by atoms with van der Waals surface area (Å²) >= 11 is 6.16.